The van der Waals surface area contributed by atoms with Crippen LogP contribution < -0.4 is 29.6 Å². The van der Waals surface area contributed by atoms with Crippen molar-refractivity contribution >= 4 is 23.2 Å². The highest BCUT2D eigenvalue weighted by Crippen LogP contribution is 2.40. The van der Waals surface area contributed by atoms with E-state index in [2.05, 4.69) is 10.6 Å². The van der Waals surface area contributed by atoms with Crippen LogP contribution in [0.4, 0.5) is 11.4 Å². The van der Waals surface area contributed by atoms with Gasteiger partial charge in [0.1, 0.15) is 5.75 Å². The number of hydrogen-bond donors (Lipinski definition) is 2. The van der Waals surface area contributed by atoms with Crippen LogP contribution in [-0.2, 0) is 4.79 Å². The first-order chi connectivity index (χ1) is 16.0. The molecule has 0 saturated carbocycles. The van der Waals surface area contributed by atoms with Crippen molar-refractivity contribution in [3.8, 4) is 23.0 Å². The predicted octanol–water partition coefficient (Wildman–Crippen LogP) is 4.29. The van der Waals surface area contributed by atoms with Crippen molar-refractivity contribution in [2.45, 2.75) is 6.92 Å². The summed E-state index contributed by atoms with van der Waals surface area (Å²) in [5, 5.41) is 5.60. The molecule has 3 rings (SSSR count). The first-order valence-corrected chi connectivity index (χ1v) is 10.2. The summed E-state index contributed by atoms with van der Waals surface area (Å²) in [7, 11) is 4.49. The van der Waals surface area contributed by atoms with Crippen LogP contribution >= 0.6 is 0 Å². The van der Waals surface area contributed by atoms with E-state index in [1.54, 1.807) is 36.4 Å². The number of methoxy groups -OCH3 is 3. The van der Waals surface area contributed by atoms with Gasteiger partial charge in [0, 0.05) is 23.5 Å². The van der Waals surface area contributed by atoms with Gasteiger partial charge in [-0.25, -0.2) is 0 Å². The fourth-order valence-corrected chi connectivity index (χ4v) is 3.17. The maximum absolute atomic E-state index is 13.0. The molecule has 0 heterocycles. The molecule has 8 nitrogen and oxygen atoms in total. The molecule has 0 unspecified atom stereocenters. The van der Waals surface area contributed by atoms with Crippen molar-refractivity contribution < 1.29 is 28.5 Å². The van der Waals surface area contributed by atoms with Crippen LogP contribution in [0.5, 0.6) is 23.0 Å². The molecule has 0 atom stereocenters. The molecule has 33 heavy (non-hydrogen) atoms. The number of amides is 2. The third kappa shape index (κ3) is 5.74. The highest BCUT2D eigenvalue weighted by Gasteiger charge is 2.17. The molecule has 3 aromatic rings. The lowest BCUT2D eigenvalue weighted by atomic mass is 10.1. The zero-order valence-electron chi connectivity index (χ0n) is 18.9. The molecule has 0 bridgehead atoms. The molecular formula is C25H26N2O6. The maximum Gasteiger partial charge on any atom is 0.262 e. The second kappa shape index (κ2) is 10.9. The van der Waals surface area contributed by atoms with Crippen LogP contribution in [0.3, 0.4) is 0 Å². The predicted molar refractivity (Wildman–Crippen MR) is 126 cm³/mol. The Morgan fingerprint density at radius 1 is 0.788 bits per heavy atom. The van der Waals surface area contributed by atoms with E-state index in [0.717, 1.165) is 5.56 Å². The number of carbonyl (C=O) groups is 2. The maximum atomic E-state index is 13.0. The van der Waals surface area contributed by atoms with Crippen molar-refractivity contribution in [1.82, 2.24) is 0 Å². The van der Waals surface area contributed by atoms with Gasteiger partial charge in [0.2, 0.25) is 5.75 Å². The van der Waals surface area contributed by atoms with Gasteiger partial charge >= 0.3 is 0 Å². The smallest absolute Gasteiger partial charge is 0.262 e. The molecule has 2 amide bonds. The molecule has 0 aliphatic carbocycles. The van der Waals surface area contributed by atoms with Gasteiger partial charge in [-0.15, -0.1) is 0 Å². The number of anilines is 2. The summed E-state index contributed by atoms with van der Waals surface area (Å²) in [4.78, 5) is 25.3. The fraction of sp³-hybridized carbons (Fsp3) is 0.200. The Morgan fingerprint density at radius 2 is 1.42 bits per heavy atom. The van der Waals surface area contributed by atoms with Gasteiger partial charge < -0.3 is 29.6 Å². The summed E-state index contributed by atoms with van der Waals surface area (Å²) in [5.41, 5.74) is 2.37. The van der Waals surface area contributed by atoms with Crippen molar-refractivity contribution in [1.29, 1.82) is 0 Å². The number of nitrogens with one attached hydrogen (secondary N) is 2. The highest BCUT2D eigenvalue weighted by atomic mass is 16.5. The van der Waals surface area contributed by atoms with E-state index in [1.807, 2.05) is 31.2 Å². The van der Waals surface area contributed by atoms with Gasteiger partial charge in [0.15, 0.2) is 18.1 Å². The Hall–Kier alpha value is -4.20. The number of hydrogen-bond acceptors (Lipinski definition) is 6. The largest absolute Gasteiger partial charge is 0.493 e. The second-order valence-corrected chi connectivity index (χ2v) is 7.02. The van der Waals surface area contributed by atoms with E-state index in [-0.39, 0.29) is 23.8 Å². The standard InChI is InChI=1S/C25H26N2O6/c1-16-9-5-7-11-19(16)27-23(28)15-33-20-12-8-6-10-18(20)25(29)26-17-13-21(30-2)24(32-4)22(14-17)31-3/h5-14H,15H2,1-4H3,(H,26,29)(H,27,28). The molecule has 2 N–H and O–H groups in total. The van der Waals surface area contributed by atoms with Gasteiger partial charge in [0.25, 0.3) is 11.8 Å². The van der Waals surface area contributed by atoms with Crippen LogP contribution in [0.25, 0.3) is 0 Å². The lowest BCUT2D eigenvalue weighted by Gasteiger charge is -2.15. The Kier molecular flexibility index (Phi) is 7.75. The molecule has 172 valence electrons. The summed E-state index contributed by atoms with van der Waals surface area (Å²) in [6.07, 6.45) is 0. The van der Waals surface area contributed by atoms with Gasteiger partial charge in [-0.3, -0.25) is 9.59 Å². The van der Waals surface area contributed by atoms with Crippen molar-refractivity contribution in [3.63, 3.8) is 0 Å². The van der Waals surface area contributed by atoms with Gasteiger partial charge in [-0.2, -0.15) is 0 Å². The number of aryl methyl sites for hydroxylation is 1. The molecule has 3 aromatic carbocycles. The van der Waals surface area contributed by atoms with E-state index in [1.165, 1.54) is 21.3 Å². The summed E-state index contributed by atoms with van der Waals surface area (Å²) in [6, 6.07) is 17.4. The van der Waals surface area contributed by atoms with E-state index in [9.17, 15) is 9.59 Å². The average molecular weight is 450 g/mol. The Bertz CT molecular complexity index is 1120. The van der Waals surface area contributed by atoms with Crippen molar-refractivity contribution in [3.05, 3.63) is 71.8 Å². The minimum absolute atomic E-state index is 0.247. The van der Waals surface area contributed by atoms with Crippen LogP contribution in [0.15, 0.2) is 60.7 Å². The highest BCUT2D eigenvalue weighted by molar-refractivity contribution is 6.06. The Balaban J connectivity index is 1.73. The van der Waals surface area contributed by atoms with Gasteiger partial charge in [0.05, 0.1) is 26.9 Å². The minimum Gasteiger partial charge on any atom is -0.493 e. The van der Waals surface area contributed by atoms with Crippen LogP contribution in [0.1, 0.15) is 15.9 Å². The number of para-hydroxylation sites is 2. The van der Waals surface area contributed by atoms with Gasteiger partial charge in [-0.05, 0) is 30.7 Å². The monoisotopic (exact) mass is 450 g/mol. The number of ether oxygens (including phenoxy) is 4. The van der Waals surface area contributed by atoms with Gasteiger partial charge in [-0.1, -0.05) is 30.3 Å². The normalized spacial score (nSPS) is 10.2. The first-order valence-electron chi connectivity index (χ1n) is 10.2. The van der Waals surface area contributed by atoms with Crippen LogP contribution in [0, 0.1) is 6.92 Å². The summed E-state index contributed by atoms with van der Waals surface area (Å²) < 4.78 is 21.6. The topological polar surface area (TPSA) is 95.1 Å². The van der Waals surface area contributed by atoms with Crippen molar-refractivity contribution in [2.75, 3.05) is 38.6 Å². The Morgan fingerprint density at radius 3 is 2.06 bits per heavy atom. The number of benzene rings is 3. The number of rotatable bonds is 9. The van der Waals surface area contributed by atoms with E-state index in [4.69, 9.17) is 18.9 Å². The first kappa shape index (κ1) is 23.5. The zero-order chi connectivity index (χ0) is 23.8. The summed E-state index contributed by atoms with van der Waals surface area (Å²) in [5.74, 6) is 0.765. The molecule has 0 radical (unpaired) electrons. The van der Waals surface area contributed by atoms with Crippen molar-refractivity contribution in [2.24, 2.45) is 0 Å². The molecule has 0 aliphatic rings. The molecular weight excluding hydrogens is 424 g/mol. The zero-order valence-corrected chi connectivity index (χ0v) is 18.9. The molecule has 8 heteroatoms. The van der Waals surface area contributed by atoms with E-state index < -0.39 is 5.91 Å². The van der Waals surface area contributed by atoms with Crippen LogP contribution in [-0.4, -0.2) is 39.8 Å². The molecule has 0 aromatic heterocycles. The fourth-order valence-electron chi connectivity index (χ4n) is 3.17. The molecule has 0 spiro atoms. The minimum atomic E-state index is -0.417. The molecule has 0 saturated heterocycles. The van der Waals surface area contributed by atoms with E-state index >= 15 is 0 Å². The summed E-state index contributed by atoms with van der Waals surface area (Å²) >= 11 is 0. The third-order valence-corrected chi connectivity index (χ3v) is 4.83. The third-order valence-electron chi connectivity index (χ3n) is 4.83. The lowest BCUT2D eigenvalue weighted by Crippen LogP contribution is -2.22. The van der Waals surface area contributed by atoms with Crippen LogP contribution in [0.2, 0.25) is 0 Å². The number of carbonyl (C=O) groups excluding carboxylic acids is 2. The second-order valence-electron chi connectivity index (χ2n) is 7.02. The summed E-state index contributed by atoms with van der Waals surface area (Å²) in [6.45, 7) is 1.65. The lowest BCUT2D eigenvalue weighted by molar-refractivity contribution is -0.118. The average Bonchev–Trinajstić information content (AvgIpc) is 2.83. The van der Waals surface area contributed by atoms with E-state index in [0.29, 0.717) is 28.6 Å². The SMILES string of the molecule is COc1cc(NC(=O)c2ccccc2OCC(=O)Nc2ccccc2C)cc(OC)c1OC. The quantitative estimate of drug-likeness (QED) is 0.505. The Labute approximate surface area is 192 Å². The molecule has 0 aliphatic heterocycles. The molecule has 0 fully saturated rings.